The van der Waals surface area contributed by atoms with Crippen LogP contribution >= 0.6 is 45.9 Å². The Morgan fingerprint density at radius 1 is 0.973 bits per heavy atom. The second-order valence-electron chi connectivity index (χ2n) is 8.66. The molecule has 2 heterocycles. The van der Waals surface area contributed by atoms with E-state index in [1.54, 1.807) is 22.7 Å². The number of hydrogen-bond donors (Lipinski definition) is 1. The van der Waals surface area contributed by atoms with Crippen LogP contribution in [0.4, 0.5) is 5.00 Å². The van der Waals surface area contributed by atoms with Crippen LogP contribution in [0.3, 0.4) is 0 Å². The van der Waals surface area contributed by atoms with Gasteiger partial charge in [-0.15, -0.1) is 45.9 Å². The van der Waals surface area contributed by atoms with Crippen LogP contribution in [-0.4, -0.2) is 48.5 Å². The predicted molar refractivity (Wildman–Crippen MR) is 154 cm³/mol. The number of para-hydroxylation sites is 1. The van der Waals surface area contributed by atoms with E-state index in [9.17, 15) is 13.2 Å². The van der Waals surface area contributed by atoms with Gasteiger partial charge in [0.15, 0.2) is 0 Å². The summed E-state index contributed by atoms with van der Waals surface area (Å²) >= 11 is 14.8. The first-order chi connectivity index (χ1) is 17.9. The van der Waals surface area contributed by atoms with Crippen LogP contribution in [0.2, 0.25) is 0 Å². The molecule has 2 aromatic heterocycles. The van der Waals surface area contributed by atoms with Crippen molar-refractivity contribution in [3.05, 3.63) is 64.5 Å². The summed E-state index contributed by atoms with van der Waals surface area (Å²) in [4.78, 5) is 19.5. The quantitative estimate of drug-likeness (QED) is 0.221. The molecule has 6 nitrogen and oxygen atoms in total. The number of thiazole rings is 1. The molecule has 0 aliphatic heterocycles. The van der Waals surface area contributed by atoms with Gasteiger partial charge in [0.05, 0.1) is 15.1 Å². The number of alkyl halides is 2. The van der Waals surface area contributed by atoms with Gasteiger partial charge in [0.25, 0.3) is 5.91 Å². The zero-order valence-electron chi connectivity index (χ0n) is 19.9. The highest BCUT2D eigenvalue weighted by molar-refractivity contribution is 7.89. The van der Waals surface area contributed by atoms with Crippen molar-refractivity contribution in [1.29, 1.82) is 0 Å². The molecule has 4 aromatic rings. The Hall–Kier alpha value is -2.01. The molecule has 2 aromatic carbocycles. The fourth-order valence-electron chi connectivity index (χ4n) is 4.50. The van der Waals surface area contributed by atoms with Gasteiger partial charge >= 0.3 is 0 Å². The van der Waals surface area contributed by atoms with E-state index in [1.165, 1.54) is 39.0 Å². The van der Waals surface area contributed by atoms with Gasteiger partial charge in [0.2, 0.25) is 10.0 Å². The maximum Gasteiger partial charge on any atom is 0.256 e. The van der Waals surface area contributed by atoms with Gasteiger partial charge in [-0.3, -0.25) is 4.79 Å². The minimum atomic E-state index is -3.76. The van der Waals surface area contributed by atoms with Crippen LogP contribution in [0.25, 0.3) is 20.8 Å². The van der Waals surface area contributed by atoms with Crippen molar-refractivity contribution < 1.29 is 13.2 Å². The van der Waals surface area contributed by atoms with Crippen molar-refractivity contribution >= 4 is 77.0 Å². The zero-order valence-corrected chi connectivity index (χ0v) is 23.8. The van der Waals surface area contributed by atoms with Crippen LogP contribution in [0.1, 0.15) is 33.6 Å². The van der Waals surface area contributed by atoms with Gasteiger partial charge in [-0.2, -0.15) is 4.31 Å². The summed E-state index contributed by atoms with van der Waals surface area (Å²) in [5, 5.41) is 4.81. The average molecular weight is 595 g/mol. The van der Waals surface area contributed by atoms with Gasteiger partial charge in [-0.1, -0.05) is 12.1 Å². The molecule has 0 atom stereocenters. The lowest BCUT2D eigenvalue weighted by atomic mass is 9.95. The van der Waals surface area contributed by atoms with Gasteiger partial charge in [0.1, 0.15) is 10.0 Å². The molecule has 0 unspecified atom stereocenters. The number of rotatable bonds is 9. The largest absolute Gasteiger partial charge is 0.313 e. The highest BCUT2D eigenvalue weighted by atomic mass is 35.5. The van der Waals surface area contributed by atoms with Crippen molar-refractivity contribution in [2.24, 2.45) is 0 Å². The standard InChI is InChI=1S/C26H25Cl2N3O3S3/c27-13-15-31(16-14-28)37(33,34)18-11-9-17(10-12-18)24(32)30-26-23(19-5-1-3-7-21(19)35-26)25-29-20-6-2-4-8-22(20)36-25/h2,4,6,8-12H,1,3,5,7,13-16H2,(H,30,32). The number of nitrogens with one attached hydrogen (secondary N) is 1. The molecular weight excluding hydrogens is 569 g/mol. The zero-order chi connectivity index (χ0) is 26.0. The number of hydrogen-bond acceptors (Lipinski definition) is 6. The Morgan fingerprint density at radius 2 is 1.68 bits per heavy atom. The van der Waals surface area contributed by atoms with Gasteiger partial charge < -0.3 is 5.32 Å². The SMILES string of the molecule is O=C(Nc1sc2c(c1-c1nc3ccccc3s1)CCCC2)c1ccc(S(=O)(=O)N(CCCl)CCCl)cc1. The fraction of sp³-hybridized carbons (Fsp3) is 0.308. The first kappa shape index (κ1) is 26.6. The summed E-state index contributed by atoms with van der Waals surface area (Å²) in [6.07, 6.45) is 4.23. The number of sulfonamides is 1. The van der Waals surface area contributed by atoms with Crippen LogP contribution < -0.4 is 5.32 Å². The predicted octanol–water partition coefficient (Wildman–Crippen LogP) is 6.62. The molecule has 0 spiro atoms. The second kappa shape index (κ2) is 11.4. The summed E-state index contributed by atoms with van der Waals surface area (Å²) < 4.78 is 28.3. The Morgan fingerprint density at radius 3 is 2.38 bits per heavy atom. The summed E-state index contributed by atoms with van der Waals surface area (Å²) in [5.74, 6) is 0.0415. The Kier molecular flexibility index (Phi) is 8.19. The molecule has 0 saturated heterocycles. The second-order valence-corrected chi connectivity index (χ2v) is 13.5. The van der Waals surface area contributed by atoms with Crippen molar-refractivity contribution in [3.63, 3.8) is 0 Å². The van der Waals surface area contributed by atoms with Gasteiger partial charge in [-0.05, 0) is 67.6 Å². The lowest BCUT2D eigenvalue weighted by Crippen LogP contribution is -2.34. The molecule has 0 bridgehead atoms. The maximum atomic E-state index is 13.3. The molecule has 5 rings (SSSR count). The number of halogens is 2. The molecule has 1 N–H and O–H groups in total. The van der Waals surface area contributed by atoms with Crippen LogP contribution in [0, 0.1) is 0 Å². The number of carbonyl (C=O) groups excluding carboxylic acids is 1. The molecule has 194 valence electrons. The Balaban J connectivity index is 1.43. The number of thiophene rings is 1. The average Bonchev–Trinajstić information content (AvgIpc) is 3.49. The van der Waals surface area contributed by atoms with E-state index < -0.39 is 10.0 Å². The number of aromatic nitrogens is 1. The molecule has 1 aliphatic carbocycles. The normalized spacial score (nSPS) is 13.7. The Labute approximate surface area is 234 Å². The molecule has 11 heteroatoms. The van der Waals surface area contributed by atoms with E-state index in [1.807, 2.05) is 18.2 Å². The summed E-state index contributed by atoms with van der Waals surface area (Å²) in [6.45, 7) is 0.326. The van der Waals surface area contributed by atoms with Crippen molar-refractivity contribution in [3.8, 4) is 10.6 Å². The molecule has 0 radical (unpaired) electrons. The number of nitrogens with zero attached hydrogens (tertiary/aromatic N) is 2. The smallest absolute Gasteiger partial charge is 0.256 e. The van der Waals surface area contributed by atoms with Gasteiger partial charge in [-0.25, -0.2) is 13.4 Å². The third-order valence-corrected chi connectivity index (χ3v) is 10.8. The number of fused-ring (bicyclic) bond motifs is 2. The third-order valence-electron chi connectivity index (χ3n) is 6.33. The van der Waals surface area contributed by atoms with E-state index in [0.29, 0.717) is 5.56 Å². The summed E-state index contributed by atoms with van der Waals surface area (Å²) in [7, 11) is -3.76. The molecular formula is C26H25Cl2N3O3S3. The van der Waals surface area contributed by atoms with Crippen molar-refractivity contribution in [1.82, 2.24) is 9.29 Å². The first-order valence-electron chi connectivity index (χ1n) is 12.0. The lowest BCUT2D eigenvalue weighted by Gasteiger charge is -2.20. The number of carbonyl (C=O) groups is 1. The number of anilines is 1. The van der Waals surface area contributed by atoms with Crippen molar-refractivity contribution in [2.75, 3.05) is 30.2 Å². The van der Waals surface area contributed by atoms with E-state index in [4.69, 9.17) is 28.2 Å². The maximum absolute atomic E-state index is 13.3. The Bertz CT molecular complexity index is 1490. The fourth-order valence-corrected chi connectivity index (χ4v) is 8.95. The van der Waals surface area contributed by atoms with E-state index in [-0.39, 0.29) is 35.7 Å². The topological polar surface area (TPSA) is 79.4 Å². The van der Waals surface area contributed by atoms with E-state index in [0.717, 1.165) is 51.5 Å². The van der Waals surface area contributed by atoms with Crippen LogP contribution in [0.15, 0.2) is 53.4 Å². The minimum Gasteiger partial charge on any atom is -0.313 e. The van der Waals surface area contributed by atoms with Crippen LogP contribution in [-0.2, 0) is 22.9 Å². The van der Waals surface area contributed by atoms with E-state index in [2.05, 4.69) is 11.4 Å². The minimum absolute atomic E-state index is 0.0982. The highest BCUT2D eigenvalue weighted by Gasteiger charge is 2.26. The lowest BCUT2D eigenvalue weighted by molar-refractivity contribution is 0.102. The first-order valence-corrected chi connectivity index (χ1v) is 16.1. The summed E-state index contributed by atoms with van der Waals surface area (Å²) in [6, 6.07) is 14.0. The molecule has 1 aliphatic rings. The molecule has 0 fully saturated rings. The monoisotopic (exact) mass is 593 g/mol. The number of aryl methyl sites for hydroxylation is 1. The highest BCUT2D eigenvalue weighted by Crippen LogP contribution is 2.46. The number of amides is 1. The molecule has 1 amide bonds. The third kappa shape index (κ3) is 5.44. The van der Waals surface area contributed by atoms with Gasteiger partial charge in [0, 0.05) is 40.9 Å². The number of benzene rings is 2. The van der Waals surface area contributed by atoms with Crippen molar-refractivity contribution in [2.45, 2.75) is 30.6 Å². The van der Waals surface area contributed by atoms with Crippen LogP contribution in [0.5, 0.6) is 0 Å². The van der Waals surface area contributed by atoms with E-state index >= 15 is 0 Å². The molecule has 37 heavy (non-hydrogen) atoms. The summed E-state index contributed by atoms with van der Waals surface area (Å²) in [5.41, 5.74) is 3.63. The molecule has 0 saturated carbocycles.